The maximum atomic E-state index is 12.3. The number of carbonyl (C=O) groups is 1. The Morgan fingerprint density at radius 2 is 2.07 bits per heavy atom. The summed E-state index contributed by atoms with van der Waals surface area (Å²) < 4.78 is 1.81. The zero-order valence-electron chi connectivity index (χ0n) is 15.9. The molecule has 28 heavy (non-hydrogen) atoms. The van der Waals surface area contributed by atoms with Crippen LogP contribution >= 0.6 is 11.6 Å². The summed E-state index contributed by atoms with van der Waals surface area (Å²) in [4.78, 5) is 21.5. The molecule has 0 radical (unpaired) electrons. The molecule has 0 aliphatic carbocycles. The third-order valence-electron chi connectivity index (χ3n) is 4.11. The summed E-state index contributed by atoms with van der Waals surface area (Å²) in [6.45, 7) is 4.08. The molecule has 0 atom stereocenters. The second-order valence-electron chi connectivity index (χ2n) is 6.84. The van der Waals surface area contributed by atoms with Gasteiger partial charge in [-0.15, -0.1) is 0 Å². The van der Waals surface area contributed by atoms with Crippen LogP contribution in [0.5, 0.6) is 0 Å². The van der Waals surface area contributed by atoms with Crippen LogP contribution < -0.4 is 5.32 Å². The lowest BCUT2D eigenvalue weighted by molar-refractivity contribution is -0.122. The minimum Gasteiger partial charge on any atom is -0.396 e. The largest absolute Gasteiger partial charge is 0.396 e. The SMILES string of the molecule is CC(C)NC(=O)Cn1cc(-c2ccc(CCO)cn2)nc1-c1cccc(Cl)c1. The Morgan fingerprint density at radius 1 is 1.25 bits per heavy atom. The monoisotopic (exact) mass is 398 g/mol. The second kappa shape index (κ2) is 8.99. The number of hydrogen-bond acceptors (Lipinski definition) is 4. The number of aliphatic hydroxyl groups excluding tert-OH is 1. The molecular formula is C21H23ClN4O2. The van der Waals surface area contributed by atoms with Gasteiger partial charge in [-0.1, -0.05) is 29.8 Å². The molecule has 0 bridgehead atoms. The van der Waals surface area contributed by atoms with Crippen molar-refractivity contribution in [3.8, 4) is 22.8 Å². The number of imidazole rings is 1. The molecule has 0 aliphatic heterocycles. The molecule has 6 nitrogen and oxygen atoms in total. The minimum atomic E-state index is -0.0894. The fraction of sp³-hybridized carbons (Fsp3) is 0.286. The molecule has 1 amide bonds. The topological polar surface area (TPSA) is 80.0 Å². The summed E-state index contributed by atoms with van der Waals surface area (Å²) in [5.41, 5.74) is 3.15. The predicted octanol–water partition coefficient (Wildman–Crippen LogP) is 3.32. The van der Waals surface area contributed by atoms with E-state index < -0.39 is 0 Å². The minimum absolute atomic E-state index is 0.0610. The number of aromatic nitrogens is 3. The van der Waals surface area contributed by atoms with Gasteiger partial charge < -0.3 is 15.0 Å². The van der Waals surface area contributed by atoms with E-state index in [0.717, 1.165) is 11.1 Å². The van der Waals surface area contributed by atoms with Crippen LogP contribution in [0, 0.1) is 0 Å². The van der Waals surface area contributed by atoms with E-state index in [1.807, 2.05) is 54.9 Å². The van der Waals surface area contributed by atoms with Crippen molar-refractivity contribution in [2.45, 2.75) is 32.9 Å². The van der Waals surface area contributed by atoms with Crippen LogP contribution in [0.25, 0.3) is 22.8 Å². The zero-order valence-corrected chi connectivity index (χ0v) is 16.6. The molecule has 2 N–H and O–H groups in total. The van der Waals surface area contributed by atoms with Crippen molar-refractivity contribution in [3.63, 3.8) is 0 Å². The van der Waals surface area contributed by atoms with Crippen LogP contribution in [0.2, 0.25) is 5.02 Å². The summed E-state index contributed by atoms with van der Waals surface area (Å²) in [7, 11) is 0. The third-order valence-corrected chi connectivity index (χ3v) is 4.35. The lowest BCUT2D eigenvalue weighted by atomic mass is 10.2. The summed E-state index contributed by atoms with van der Waals surface area (Å²) in [6, 6.07) is 11.2. The van der Waals surface area contributed by atoms with Crippen molar-refractivity contribution >= 4 is 17.5 Å². The number of rotatable bonds is 7. The summed E-state index contributed by atoms with van der Waals surface area (Å²) >= 11 is 6.14. The third kappa shape index (κ3) is 4.97. The Hall–Kier alpha value is -2.70. The van der Waals surface area contributed by atoms with Crippen molar-refractivity contribution < 1.29 is 9.90 Å². The Morgan fingerprint density at radius 3 is 2.71 bits per heavy atom. The van der Waals surface area contributed by atoms with Crippen LogP contribution in [-0.4, -0.2) is 38.2 Å². The molecule has 2 heterocycles. The maximum Gasteiger partial charge on any atom is 0.240 e. The maximum absolute atomic E-state index is 12.3. The quantitative estimate of drug-likeness (QED) is 0.639. The normalized spacial score (nSPS) is 11.0. The molecule has 0 unspecified atom stereocenters. The molecule has 146 valence electrons. The number of nitrogens with one attached hydrogen (secondary N) is 1. The Bertz CT molecular complexity index is 951. The Kier molecular flexibility index (Phi) is 6.44. The van der Waals surface area contributed by atoms with Gasteiger partial charge in [-0.2, -0.15) is 0 Å². The van der Waals surface area contributed by atoms with Gasteiger partial charge >= 0.3 is 0 Å². The first kappa shape index (κ1) is 20.0. The highest BCUT2D eigenvalue weighted by Crippen LogP contribution is 2.26. The van der Waals surface area contributed by atoms with Gasteiger partial charge in [-0.25, -0.2) is 4.98 Å². The number of halogens is 1. The highest BCUT2D eigenvalue weighted by Gasteiger charge is 2.15. The predicted molar refractivity (Wildman–Crippen MR) is 110 cm³/mol. The smallest absolute Gasteiger partial charge is 0.240 e. The Balaban J connectivity index is 1.98. The van der Waals surface area contributed by atoms with E-state index >= 15 is 0 Å². The number of benzene rings is 1. The molecular weight excluding hydrogens is 376 g/mol. The van der Waals surface area contributed by atoms with E-state index in [4.69, 9.17) is 21.7 Å². The van der Waals surface area contributed by atoms with Crippen molar-refractivity contribution in [1.82, 2.24) is 19.9 Å². The van der Waals surface area contributed by atoms with E-state index in [1.165, 1.54) is 0 Å². The standard InChI is InChI=1S/C21H23ClN4O2/c1-14(2)24-20(28)13-26-12-19(18-7-6-15(8-9-27)11-23-18)25-21(26)16-4-3-5-17(22)10-16/h3-7,10-12,14,27H,8-9,13H2,1-2H3,(H,24,28). The molecule has 2 aromatic heterocycles. The lowest BCUT2D eigenvalue weighted by Crippen LogP contribution is -2.33. The number of pyridine rings is 1. The lowest BCUT2D eigenvalue weighted by Gasteiger charge is -2.11. The highest BCUT2D eigenvalue weighted by atomic mass is 35.5. The fourth-order valence-corrected chi connectivity index (χ4v) is 3.08. The van der Waals surface area contributed by atoms with Crippen LogP contribution in [0.4, 0.5) is 0 Å². The zero-order chi connectivity index (χ0) is 20.1. The molecule has 0 saturated heterocycles. The van der Waals surface area contributed by atoms with Crippen molar-refractivity contribution in [3.05, 3.63) is 59.4 Å². The first-order chi connectivity index (χ1) is 13.5. The van der Waals surface area contributed by atoms with Crippen molar-refractivity contribution in [2.75, 3.05) is 6.61 Å². The summed E-state index contributed by atoms with van der Waals surface area (Å²) in [5, 5.41) is 12.6. The molecule has 7 heteroatoms. The van der Waals surface area contributed by atoms with E-state index in [-0.39, 0.29) is 25.1 Å². The van der Waals surface area contributed by atoms with Gasteiger partial charge in [0.25, 0.3) is 0 Å². The summed E-state index contributed by atoms with van der Waals surface area (Å²) in [6.07, 6.45) is 4.12. The molecule has 0 aliphatic rings. The number of hydrogen-bond donors (Lipinski definition) is 2. The van der Waals surface area contributed by atoms with Crippen LogP contribution in [0.3, 0.4) is 0 Å². The molecule has 3 aromatic rings. The van der Waals surface area contributed by atoms with Gasteiger partial charge in [0.2, 0.25) is 5.91 Å². The number of carbonyl (C=O) groups excluding carboxylic acids is 1. The van der Waals surface area contributed by atoms with Gasteiger partial charge in [0, 0.05) is 35.6 Å². The molecule has 0 spiro atoms. The van der Waals surface area contributed by atoms with Gasteiger partial charge in [-0.05, 0) is 44.0 Å². The van der Waals surface area contributed by atoms with Crippen LogP contribution in [0.15, 0.2) is 48.8 Å². The number of nitrogens with zero attached hydrogens (tertiary/aromatic N) is 3. The van der Waals surface area contributed by atoms with Gasteiger partial charge in [0.15, 0.2) is 0 Å². The van der Waals surface area contributed by atoms with E-state index in [2.05, 4.69) is 10.3 Å². The summed E-state index contributed by atoms with van der Waals surface area (Å²) in [5.74, 6) is 0.561. The molecule has 0 saturated carbocycles. The van der Waals surface area contributed by atoms with Crippen molar-refractivity contribution in [1.29, 1.82) is 0 Å². The van der Waals surface area contributed by atoms with Crippen LogP contribution in [-0.2, 0) is 17.8 Å². The molecule has 3 rings (SSSR count). The number of aliphatic hydroxyl groups is 1. The number of amides is 1. The van der Waals surface area contributed by atoms with Crippen molar-refractivity contribution in [2.24, 2.45) is 0 Å². The van der Waals surface area contributed by atoms with E-state index in [9.17, 15) is 4.79 Å². The first-order valence-electron chi connectivity index (χ1n) is 9.15. The molecule has 1 aromatic carbocycles. The first-order valence-corrected chi connectivity index (χ1v) is 9.52. The Labute approximate surface area is 169 Å². The average molecular weight is 399 g/mol. The highest BCUT2D eigenvalue weighted by molar-refractivity contribution is 6.30. The fourth-order valence-electron chi connectivity index (χ4n) is 2.89. The van der Waals surface area contributed by atoms with E-state index in [1.54, 1.807) is 12.3 Å². The van der Waals surface area contributed by atoms with E-state index in [0.29, 0.717) is 28.7 Å². The second-order valence-corrected chi connectivity index (χ2v) is 7.27. The van der Waals surface area contributed by atoms with Gasteiger partial charge in [0.05, 0.1) is 5.69 Å². The average Bonchev–Trinajstić information content (AvgIpc) is 3.05. The van der Waals surface area contributed by atoms with Crippen LogP contribution in [0.1, 0.15) is 19.4 Å². The van der Waals surface area contributed by atoms with Gasteiger partial charge in [0.1, 0.15) is 18.1 Å². The van der Waals surface area contributed by atoms with Gasteiger partial charge in [-0.3, -0.25) is 9.78 Å². The molecule has 0 fully saturated rings.